The summed E-state index contributed by atoms with van der Waals surface area (Å²) < 4.78 is 7.49. The van der Waals surface area contributed by atoms with Gasteiger partial charge in [-0.3, -0.25) is 0 Å². The first-order valence-corrected chi connectivity index (χ1v) is 6.48. The lowest BCUT2D eigenvalue weighted by atomic mass is 10.2. The molecule has 0 aliphatic heterocycles. The second-order valence-electron chi connectivity index (χ2n) is 3.56. The summed E-state index contributed by atoms with van der Waals surface area (Å²) in [6.07, 6.45) is 4.10. The van der Waals surface area contributed by atoms with Crippen LogP contribution in [0, 0.1) is 0 Å². The Hall–Kier alpha value is -1.13. The molecule has 0 fully saturated rings. The molecule has 0 unspecified atom stereocenters. The molecule has 0 spiro atoms. The van der Waals surface area contributed by atoms with Crippen LogP contribution in [-0.2, 0) is 11.5 Å². The number of hydrogen-bond donors (Lipinski definition) is 1. The van der Waals surface area contributed by atoms with E-state index >= 15 is 0 Å². The van der Waals surface area contributed by atoms with Crippen LogP contribution in [0.15, 0.2) is 29.3 Å². The van der Waals surface area contributed by atoms with Gasteiger partial charge >= 0.3 is 0 Å². The van der Waals surface area contributed by atoms with Crippen LogP contribution in [0.2, 0.25) is 0 Å². The minimum Gasteiger partial charge on any atom is -0.399 e. The highest BCUT2D eigenvalue weighted by Crippen LogP contribution is 2.29. The zero-order valence-corrected chi connectivity index (χ0v) is 10.4. The van der Waals surface area contributed by atoms with Gasteiger partial charge in [-0.1, -0.05) is 0 Å². The number of nitrogens with two attached hydrogens (primary N) is 1. The second kappa shape index (κ2) is 4.80. The van der Waals surface area contributed by atoms with Crippen molar-refractivity contribution < 1.29 is 4.74 Å². The van der Waals surface area contributed by atoms with E-state index in [1.807, 2.05) is 25.3 Å². The van der Waals surface area contributed by atoms with Gasteiger partial charge in [0.1, 0.15) is 6.73 Å². The predicted octanol–water partition coefficient (Wildman–Crippen LogP) is 2.94. The van der Waals surface area contributed by atoms with E-state index in [0.717, 1.165) is 17.8 Å². The van der Waals surface area contributed by atoms with Gasteiger partial charge in [0.2, 0.25) is 0 Å². The van der Waals surface area contributed by atoms with Crippen LogP contribution in [0.5, 0.6) is 0 Å². The highest BCUT2D eigenvalue weighted by atomic mass is 32.2. The molecule has 0 bridgehead atoms. The number of thioether (sulfide) groups is 1. The highest BCUT2D eigenvalue weighted by molar-refractivity contribution is 7.98. The van der Waals surface area contributed by atoms with Gasteiger partial charge in [0, 0.05) is 28.8 Å². The molecule has 3 nitrogen and oxygen atoms in total. The molecule has 1 aromatic heterocycles. The van der Waals surface area contributed by atoms with Crippen molar-refractivity contribution >= 4 is 28.4 Å². The number of rotatable bonds is 4. The number of anilines is 1. The lowest BCUT2D eigenvalue weighted by Crippen LogP contribution is -2.00. The van der Waals surface area contributed by atoms with Crippen LogP contribution in [-0.4, -0.2) is 17.4 Å². The van der Waals surface area contributed by atoms with Gasteiger partial charge in [-0.2, -0.15) is 0 Å². The molecule has 86 valence electrons. The fraction of sp³-hybridized carbons (Fsp3) is 0.333. The van der Waals surface area contributed by atoms with Crippen molar-refractivity contribution in [3.63, 3.8) is 0 Å². The van der Waals surface area contributed by atoms with Gasteiger partial charge in [-0.05, 0) is 31.4 Å². The standard InChI is InChI=1S/C12H16N2OS/c1-3-15-8-14-5-4-10-11(14)6-9(13)7-12(10)16-2/h4-7H,3,8,13H2,1-2H3. The first-order valence-electron chi connectivity index (χ1n) is 5.26. The molecule has 0 aliphatic carbocycles. The van der Waals surface area contributed by atoms with Gasteiger partial charge in [0.05, 0.1) is 5.52 Å². The minimum atomic E-state index is 0.581. The van der Waals surface area contributed by atoms with E-state index in [4.69, 9.17) is 10.5 Å². The summed E-state index contributed by atoms with van der Waals surface area (Å²) >= 11 is 1.72. The number of ether oxygens (including phenoxy) is 1. The lowest BCUT2D eigenvalue weighted by molar-refractivity contribution is 0.0909. The monoisotopic (exact) mass is 236 g/mol. The Balaban J connectivity index is 2.49. The molecule has 16 heavy (non-hydrogen) atoms. The van der Waals surface area contributed by atoms with Crippen LogP contribution >= 0.6 is 11.8 Å². The molecule has 2 aromatic rings. The van der Waals surface area contributed by atoms with Crippen LogP contribution in [0.3, 0.4) is 0 Å². The third-order valence-electron chi connectivity index (χ3n) is 2.53. The van der Waals surface area contributed by atoms with Crippen molar-refractivity contribution in [3.8, 4) is 0 Å². The molecule has 2 rings (SSSR count). The van der Waals surface area contributed by atoms with Crippen LogP contribution < -0.4 is 5.73 Å². The summed E-state index contributed by atoms with van der Waals surface area (Å²) in [6, 6.07) is 6.12. The molecule has 1 aromatic carbocycles. The molecular weight excluding hydrogens is 220 g/mol. The Kier molecular flexibility index (Phi) is 3.41. The number of fused-ring (bicyclic) bond motifs is 1. The van der Waals surface area contributed by atoms with E-state index < -0.39 is 0 Å². The summed E-state index contributed by atoms with van der Waals surface area (Å²) in [7, 11) is 0. The minimum absolute atomic E-state index is 0.581. The number of nitrogen functional groups attached to an aromatic ring is 1. The van der Waals surface area contributed by atoms with E-state index in [1.54, 1.807) is 11.8 Å². The van der Waals surface area contributed by atoms with Crippen LogP contribution in [0.25, 0.3) is 10.9 Å². The topological polar surface area (TPSA) is 40.2 Å². The third-order valence-corrected chi connectivity index (χ3v) is 3.31. The van der Waals surface area contributed by atoms with Crippen molar-refractivity contribution in [2.75, 3.05) is 18.6 Å². The zero-order valence-electron chi connectivity index (χ0n) is 9.56. The molecule has 0 amide bonds. The SMILES string of the molecule is CCOCn1ccc2c(SC)cc(N)cc21. The molecule has 0 radical (unpaired) electrons. The Bertz CT molecular complexity index is 493. The molecule has 4 heteroatoms. The van der Waals surface area contributed by atoms with Gasteiger partial charge in [-0.25, -0.2) is 0 Å². The molecule has 2 N–H and O–H groups in total. The average molecular weight is 236 g/mol. The Morgan fingerprint density at radius 1 is 1.44 bits per heavy atom. The average Bonchev–Trinajstić information content (AvgIpc) is 2.68. The maximum atomic E-state index is 5.89. The molecule has 0 saturated heterocycles. The predicted molar refractivity (Wildman–Crippen MR) is 69.8 cm³/mol. The molecular formula is C12H16N2OS. The van der Waals surface area contributed by atoms with E-state index in [9.17, 15) is 0 Å². The quantitative estimate of drug-likeness (QED) is 0.655. The smallest absolute Gasteiger partial charge is 0.122 e. The molecule has 0 aliphatic rings. The number of benzene rings is 1. The van der Waals surface area contributed by atoms with Crippen molar-refractivity contribution in [3.05, 3.63) is 24.4 Å². The van der Waals surface area contributed by atoms with Crippen molar-refractivity contribution in [2.45, 2.75) is 18.6 Å². The summed E-state index contributed by atoms with van der Waals surface area (Å²) in [6.45, 7) is 3.29. The first-order chi connectivity index (χ1) is 7.76. The number of hydrogen-bond acceptors (Lipinski definition) is 3. The molecule has 0 saturated carbocycles. The van der Waals surface area contributed by atoms with E-state index in [0.29, 0.717) is 6.73 Å². The zero-order chi connectivity index (χ0) is 11.5. The van der Waals surface area contributed by atoms with Crippen LogP contribution in [0.4, 0.5) is 5.69 Å². The lowest BCUT2D eigenvalue weighted by Gasteiger charge is -2.07. The Morgan fingerprint density at radius 2 is 2.25 bits per heavy atom. The van der Waals surface area contributed by atoms with Gasteiger partial charge in [0.15, 0.2) is 0 Å². The third kappa shape index (κ3) is 2.03. The Labute approximate surface area is 99.6 Å². The summed E-state index contributed by atoms with van der Waals surface area (Å²) in [5.74, 6) is 0. The van der Waals surface area contributed by atoms with E-state index in [1.165, 1.54) is 10.3 Å². The molecule has 1 heterocycles. The molecule has 0 atom stereocenters. The summed E-state index contributed by atoms with van der Waals surface area (Å²) in [4.78, 5) is 1.21. The fourth-order valence-corrected chi connectivity index (χ4v) is 2.40. The number of nitrogens with zero attached hydrogens (tertiary/aromatic N) is 1. The first kappa shape index (κ1) is 11.4. The largest absolute Gasteiger partial charge is 0.399 e. The maximum absolute atomic E-state index is 5.89. The normalized spacial score (nSPS) is 11.1. The van der Waals surface area contributed by atoms with Crippen LogP contribution in [0.1, 0.15) is 6.92 Å². The van der Waals surface area contributed by atoms with Gasteiger partial charge in [0.25, 0.3) is 0 Å². The van der Waals surface area contributed by atoms with E-state index in [-0.39, 0.29) is 0 Å². The highest BCUT2D eigenvalue weighted by Gasteiger charge is 2.06. The van der Waals surface area contributed by atoms with Crippen molar-refractivity contribution in [1.29, 1.82) is 0 Å². The second-order valence-corrected chi connectivity index (χ2v) is 4.41. The van der Waals surface area contributed by atoms with Gasteiger partial charge in [-0.15, -0.1) is 11.8 Å². The summed E-state index contributed by atoms with van der Waals surface area (Å²) in [5, 5.41) is 1.24. The van der Waals surface area contributed by atoms with Crippen molar-refractivity contribution in [1.82, 2.24) is 4.57 Å². The summed E-state index contributed by atoms with van der Waals surface area (Å²) in [5.41, 5.74) is 7.83. The fourth-order valence-electron chi connectivity index (χ4n) is 1.75. The maximum Gasteiger partial charge on any atom is 0.122 e. The Morgan fingerprint density at radius 3 is 2.94 bits per heavy atom. The van der Waals surface area contributed by atoms with E-state index in [2.05, 4.69) is 16.9 Å². The van der Waals surface area contributed by atoms with Gasteiger partial charge < -0.3 is 15.0 Å². The number of aromatic nitrogens is 1. The van der Waals surface area contributed by atoms with Crippen molar-refractivity contribution in [2.24, 2.45) is 0 Å².